The summed E-state index contributed by atoms with van der Waals surface area (Å²) in [5.41, 5.74) is 6.72. The second-order valence-electron chi connectivity index (χ2n) is 4.58. The quantitative estimate of drug-likeness (QED) is 0.725. The van der Waals surface area contributed by atoms with Crippen LogP contribution in [0.1, 0.15) is 31.2 Å². The Morgan fingerprint density at radius 3 is 2.50 bits per heavy atom. The van der Waals surface area contributed by atoms with E-state index in [0.29, 0.717) is 0 Å². The molecule has 2 N–H and O–H groups in total. The summed E-state index contributed by atoms with van der Waals surface area (Å²) in [5.74, 6) is -0.332. The van der Waals surface area contributed by atoms with Gasteiger partial charge in [-0.2, -0.15) is 4.39 Å². The van der Waals surface area contributed by atoms with Crippen LogP contribution in [0.5, 0.6) is 0 Å². The second-order valence-corrected chi connectivity index (χ2v) is 4.58. The summed E-state index contributed by atoms with van der Waals surface area (Å²) in [6, 6.07) is 3.63. The number of nitrogens with two attached hydrogens (primary N) is 1. The highest BCUT2D eigenvalue weighted by molar-refractivity contribution is 5.39. The Kier molecular flexibility index (Phi) is 1.40. The minimum Gasteiger partial charge on any atom is -0.324 e. The van der Waals surface area contributed by atoms with E-state index in [1.807, 2.05) is 6.07 Å². The van der Waals surface area contributed by atoms with Crippen LogP contribution in [0.2, 0.25) is 0 Å². The van der Waals surface area contributed by atoms with Crippen LogP contribution in [0.15, 0.2) is 18.3 Å². The fraction of sp³-hybridized carbons (Fsp3) is 0.545. The Hall–Kier alpha value is -0.960. The monoisotopic (exact) mass is 192 g/mol. The maximum absolute atomic E-state index is 13.5. The van der Waals surface area contributed by atoms with Crippen LogP contribution in [0.25, 0.3) is 0 Å². The van der Waals surface area contributed by atoms with Crippen LogP contribution in [-0.4, -0.2) is 10.5 Å². The van der Waals surface area contributed by atoms with Crippen LogP contribution in [0.3, 0.4) is 0 Å². The number of hydrogen-bond acceptors (Lipinski definition) is 2. The van der Waals surface area contributed by atoms with E-state index >= 15 is 0 Å². The molecule has 74 valence electrons. The minimum atomic E-state index is -0.332. The van der Waals surface area contributed by atoms with Crippen molar-refractivity contribution in [1.29, 1.82) is 0 Å². The number of hydrogen-bond donors (Lipinski definition) is 1. The fourth-order valence-corrected chi connectivity index (χ4v) is 2.52. The van der Waals surface area contributed by atoms with Crippen molar-refractivity contribution in [2.24, 2.45) is 5.73 Å². The highest BCUT2D eigenvalue weighted by Gasteiger charge is 2.65. The maximum atomic E-state index is 13.5. The van der Waals surface area contributed by atoms with E-state index < -0.39 is 0 Å². The van der Waals surface area contributed by atoms with E-state index in [4.69, 9.17) is 5.73 Å². The van der Waals surface area contributed by atoms with Crippen molar-refractivity contribution in [2.75, 3.05) is 0 Å². The van der Waals surface area contributed by atoms with Gasteiger partial charge < -0.3 is 5.73 Å². The van der Waals surface area contributed by atoms with Crippen LogP contribution in [0, 0.1) is 5.95 Å². The zero-order valence-electron chi connectivity index (χ0n) is 7.96. The summed E-state index contributed by atoms with van der Waals surface area (Å²) in [6.07, 6.45) is 5.59. The normalized spacial score (nSPS) is 25.9. The van der Waals surface area contributed by atoms with Crippen LogP contribution < -0.4 is 5.73 Å². The van der Waals surface area contributed by atoms with E-state index in [9.17, 15) is 4.39 Å². The lowest BCUT2D eigenvalue weighted by molar-refractivity contribution is 0.461. The molecular formula is C11H13FN2. The zero-order chi connectivity index (χ0) is 9.81. The Balaban J connectivity index is 2.07. The molecule has 2 fully saturated rings. The smallest absolute Gasteiger partial charge is 0.216 e. The van der Waals surface area contributed by atoms with E-state index in [2.05, 4.69) is 4.98 Å². The topological polar surface area (TPSA) is 38.9 Å². The van der Waals surface area contributed by atoms with Crippen molar-refractivity contribution < 1.29 is 4.39 Å². The standard InChI is InChI=1S/C11H13FN2/c12-9-8(2-1-7-14-9)10(3-4-10)11(13)5-6-11/h1-2,7H,3-6,13H2. The summed E-state index contributed by atoms with van der Waals surface area (Å²) in [5, 5.41) is 0. The van der Waals surface area contributed by atoms with Crippen molar-refractivity contribution in [2.45, 2.75) is 36.6 Å². The number of pyridine rings is 1. The van der Waals surface area contributed by atoms with Gasteiger partial charge in [0.05, 0.1) is 0 Å². The molecule has 0 amide bonds. The molecule has 2 aliphatic carbocycles. The molecule has 0 spiro atoms. The van der Waals surface area contributed by atoms with Gasteiger partial charge in [-0.05, 0) is 31.7 Å². The molecule has 1 aromatic heterocycles. The van der Waals surface area contributed by atoms with Gasteiger partial charge in [0.25, 0.3) is 0 Å². The zero-order valence-corrected chi connectivity index (χ0v) is 7.96. The lowest BCUT2D eigenvalue weighted by atomic mass is 9.87. The summed E-state index contributed by atoms with van der Waals surface area (Å²) >= 11 is 0. The predicted octanol–water partition coefficient (Wildman–Crippen LogP) is 1.74. The number of rotatable bonds is 2. The number of aromatic nitrogens is 1. The average molecular weight is 192 g/mol. The molecule has 1 heterocycles. The molecule has 0 aliphatic heterocycles. The van der Waals surface area contributed by atoms with Crippen molar-refractivity contribution in [3.05, 3.63) is 29.8 Å². The minimum absolute atomic E-state index is 0.0780. The van der Waals surface area contributed by atoms with Gasteiger partial charge in [0.15, 0.2) is 0 Å². The Morgan fingerprint density at radius 2 is 2.00 bits per heavy atom. The lowest BCUT2D eigenvalue weighted by Crippen LogP contribution is -2.38. The maximum Gasteiger partial charge on any atom is 0.216 e. The molecule has 0 bridgehead atoms. The molecule has 0 aromatic carbocycles. The summed E-state index contributed by atoms with van der Waals surface area (Å²) in [4.78, 5) is 3.70. The van der Waals surface area contributed by atoms with Gasteiger partial charge >= 0.3 is 0 Å². The lowest BCUT2D eigenvalue weighted by Gasteiger charge is -2.23. The fourth-order valence-electron chi connectivity index (χ4n) is 2.52. The first-order chi connectivity index (χ1) is 6.68. The average Bonchev–Trinajstić information content (AvgIpc) is 3.01. The van der Waals surface area contributed by atoms with Crippen molar-refractivity contribution in [1.82, 2.24) is 4.98 Å². The van der Waals surface area contributed by atoms with Crippen molar-refractivity contribution >= 4 is 0 Å². The summed E-state index contributed by atoms with van der Waals surface area (Å²) in [7, 11) is 0. The molecule has 3 heteroatoms. The Morgan fingerprint density at radius 1 is 1.29 bits per heavy atom. The van der Waals surface area contributed by atoms with E-state index in [1.54, 1.807) is 6.07 Å². The SMILES string of the molecule is NC1(C2(c3cccnc3F)CC2)CC1. The van der Waals surface area contributed by atoms with Gasteiger partial charge in [-0.3, -0.25) is 0 Å². The van der Waals surface area contributed by atoms with Crippen LogP contribution >= 0.6 is 0 Å². The van der Waals surface area contributed by atoms with Crippen LogP contribution in [-0.2, 0) is 5.41 Å². The molecule has 2 saturated carbocycles. The Bertz CT molecular complexity index is 381. The third kappa shape index (κ3) is 0.906. The molecule has 0 atom stereocenters. The predicted molar refractivity (Wildman–Crippen MR) is 51.3 cm³/mol. The van der Waals surface area contributed by atoms with E-state index in [1.165, 1.54) is 6.20 Å². The molecule has 2 aliphatic rings. The van der Waals surface area contributed by atoms with Crippen LogP contribution in [0.4, 0.5) is 4.39 Å². The largest absolute Gasteiger partial charge is 0.324 e. The highest BCUT2D eigenvalue weighted by atomic mass is 19.1. The van der Waals surface area contributed by atoms with Crippen molar-refractivity contribution in [3.8, 4) is 0 Å². The third-order valence-electron chi connectivity index (χ3n) is 3.77. The number of nitrogens with zero attached hydrogens (tertiary/aromatic N) is 1. The van der Waals surface area contributed by atoms with Gasteiger partial charge in [-0.1, -0.05) is 6.07 Å². The van der Waals surface area contributed by atoms with E-state index in [0.717, 1.165) is 31.2 Å². The Labute approximate surface area is 82.3 Å². The molecule has 1 aromatic rings. The third-order valence-corrected chi connectivity index (χ3v) is 3.77. The molecule has 0 saturated heterocycles. The van der Waals surface area contributed by atoms with Gasteiger partial charge in [0, 0.05) is 22.7 Å². The summed E-state index contributed by atoms with van der Waals surface area (Å²) in [6.45, 7) is 0. The second kappa shape index (κ2) is 2.34. The molecule has 0 radical (unpaired) electrons. The van der Waals surface area contributed by atoms with Gasteiger partial charge in [0.2, 0.25) is 5.95 Å². The van der Waals surface area contributed by atoms with Gasteiger partial charge in [-0.25, -0.2) is 4.98 Å². The van der Waals surface area contributed by atoms with Crippen molar-refractivity contribution in [3.63, 3.8) is 0 Å². The molecule has 0 unspecified atom stereocenters. The van der Waals surface area contributed by atoms with Gasteiger partial charge in [-0.15, -0.1) is 0 Å². The van der Waals surface area contributed by atoms with Gasteiger partial charge in [0.1, 0.15) is 0 Å². The highest BCUT2D eigenvalue weighted by Crippen LogP contribution is 2.63. The summed E-state index contributed by atoms with van der Waals surface area (Å²) < 4.78 is 13.5. The molecule has 2 nitrogen and oxygen atoms in total. The first kappa shape index (κ1) is 8.36. The molecular weight excluding hydrogens is 179 g/mol. The molecule has 14 heavy (non-hydrogen) atoms. The first-order valence-electron chi connectivity index (χ1n) is 5.08. The molecule has 3 rings (SSSR count). The first-order valence-corrected chi connectivity index (χ1v) is 5.08. The number of halogens is 1. The van der Waals surface area contributed by atoms with E-state index in [-0.39, 0.29) is 16.9 Å².